The molecule has 0 radical (unpaired) electrons. The van der Waals surface area contributed by atoms with Gasteiger partial charge < -0.3 is 9.47 Å². The van der Waals surface area contributed by atoms with Gasteiger partial charge in [0.1, 0.15) is 0 Å². The molecule has 0 amide bonds. The van der Waals surface area contributed by atoms with E-state index < -0.39 is 0 Å². The molecule has 2 heteroatoms. The van der Waals surface area contributed by atoms with Gasteiger partial charge in [-0.3, -0.25) is 0 Å². The molecule has 0 saturated carbocycles. The van der Waals surface area contributed by atoms with E-state index in [0.717, 1.165) is 19.6 Å². The first-order valence-corrected chi connectivity index (χ1v) is 6.72. The molecule has 0 aromatic carbocycles. The minimum absolute atomic E-state index is 0.246. The minimum Gasteiger partial charge on any atom is -0.384 e. The van der Waals surface area contributed by atoms with Crippen molar-refractivity contribution in [3.05, 3.63) is 0 Å². The average Bonchev–Trinajstić information content (AvgIpc) is 2.29. The van der Waals surface area contributed by atoms with Gasteiger partial charge in [-0.2, -0.15) is 0 Å². The van der Waals surface area contributed by atoms with Gasteiger partial charge in [0.05, 0.1) is 13.2 Å². The van der Waals surface area contributed by atoms with Crippen LogP contribution in [0, 0.1) is 5.41 Å². The zero-order valence-electron chi connectivity index (χ0n) is 11.7. The molecule has 0 atom stereocenters. The van der Waals surface area contributed by atoms with Crippen molar-refractivity contribution in [2.24, 2.45) is 5.41 Å². The summed E-state index contributed by atoms with van der Waals surface area (Å²) in [5, 5.41) is 0. The fourth-order valence-corrected chi connectivity index (χ4v) is 2.28. The Labute approximate surface area is 102 Å². The molecule has 0 heterocycles. The summed E-state index contributed by atoms with van der Waals surface area (Å²) in [5.74, 6) is 0. The van der Waals surface area contributed by atoms with E-state index >= 15 is 0 Å². The molecule has 0 fully saturated rings. The fourth-order valence-electron chi connectivity index (χ4n) is 2.28. The van der Waals surface area contributed by atoms with Gasteiger partial charge in [0.2, 0.25) is 0 Å². The zero-order chi connectivity index (χ0) is 12.3. The van der Waals surface area contributed by atoms with Crippen molar-refractivity contribution in [3.63, 3.8) is 0 Å². The Balaban J connectivity index is 3.89. The first kappa shape index (κ1) is 15.9. The third kappa shape index (κ3) is 6.49. The van der Waals surface area contributed by atoms with Crippen molar-refractivity contribution in [2.45, 2.75) is 58.8 Å². The van der Waals surface area contributed by atoms with E-state index in [1.54, 1.807) is 14.2 Å². The van der Waals surface area contributed by atoms with E-state index in [1.807, 2.05) is 0 Å². The maximum Gasteiger partial charge on any atom is 0.0540 e. The van der Waals surface area contributed by atoms with Crippen molar-refractivity contribution in [3.8, 4) is 0 Å². The minimum atomic E-state index is 0.246. The highest BCUT2D eigenvalue weighted by molar-refractivity contribution is 4.77. The molecular formula is C14H30O2. The molecule has 0 aromatic heterocycles. The monoisotopic (exact) mass is 230 g/mol. The predicted octanol–water partition coefficient (Wildman–Crippen LogP) is 4.04. The molecule has 0 aliphatic rings. The summed E-state index contributed by atoms with van der Waals surface area (Å²) in [4.78, 5) is 0. The van der Waals surface area contributed by atoms with E-state index in [-0.39, 0.29) is 5.41 Å². The summed E-state index contributed by atoms with van der Waals surface area (Å²) in [6, 6.07) is 0. The molecule has 0 spiro atoms. The predicted molar refractivity (Wildman–Crippen MR) is 69.9 cm³/mol. The second-order valence-electron chi connectivity index (χ2n) is 4.88. The van der Waals surface area contributed by atoms with Crippen molar-refractivity contribution in [1.29, 1.82) is 0 Å². The van der Waals surface area contributed by atoms with Gasteiger partial charge in [-0.25, -0.2) is 0 Å². The van der Waals surface area contributed by atoms with Crippen LogP contribution >= 0.6 is 0 Å². The molecule has 2 nitrogen and oxygen atoms in total. The van der Waals surface area contributed by atoms with Crippen molar-refractivity contribution in [1.82, 2.24) is 0 Å². The zero-order valence-corrected chi connectivity index (χ0v) is 11.7. The van der Waals surface area contributed by atoms with Crippen LogP contribution in [0.5, 0.6) is 0 Å². The first-order valence-electron chi connectivity index (χ1n) is 6.72. The highest BCUT2D eigenvalue weighted by atomic mass is 16.5. The number of rotatable bonds is 11. The second-order valence-corrected chi connectivity index (χ2v) is 4.88. The number of hydrogen-bond donors (Lipinski definition) is 0. The lowest BCUT2D eigenvalue weighted by molar-refractivity contribution is 0.000197. The van der Waals surface area contributed by atoms with Crippen LogP contribution in [-0.2, 0) is 9.47 Å². The Hall–Kier alpha value is -0.0800. The molecule has 0 unspecified atom stereocenters. The summed E-state index contributed by atoms with van der Waals surface area (Å²) in [5.41, 5.74) is 0.246. The van der Waals surface area contributed by atoms with E-state index in [0.29, 0.717) is 0 Å². The molecule has 0 aliphatic heterocycles. The molecule has 0 N–H and O–H groups in total. The third-order valence-corrected chi connectivity index (χ3v) is 3.46. The SMILES string of the molecule is CCCCCCCC(CC)(COC)COC. The van der Waals surface area contributed by atoms with Gasteiger partial charge in [0.15, 0.2) is 0 Å². The molecule has 0 aromatic rings. The lowest BCUT2D eigenvalue weighted by atomic mass is 9.81. The summed E-state index contributed by atoms with van der Waals surface area (Å²) >= 11 is 0. The third-order valence-electron chi connectivity index (χ3n) is 3.46. The van der Waals surface area contributed by atoms with Gasteiger partial charge in [-0.05, 0) is 12.8 Å². The number of hydrogen-bond acceptors (Lipinski definition) is 2. The Morgan fingerprint density at radius 3 is 1.81 bits per heavy atom. The standard InChI is InChI=1S/C14H30O2/c1-5-7-8-9-10-11-14(6-2,12-15-3)13-16-4/h5-13H2,1-4H3. The van der Waals surface area contributed by atoms with Gasteiger partial charge in [-0.1, -0.05) is 46.0 Å². The lowest BCUT2D eigenvalue weighted by Gasteiger charge is -2.31. The van der Waals surface area contributed by atoms with E-state index in [2.05, 4.69) is 13.8 Å². The average molecular weight is 230 g/mol. The highest BCUT2D eigenvalue weighted by Crippen LogP contribution is 2.30. The van der Waals surface area contributed by atoms with E-state index in [4.69, 9.17) is 9.47 Å². The summed E-state index contributed by atoms with van der Waals surface area (Å²) in [6.45, 7) is 6.15. The van der Waals surface area contributed by atoms with E-state index in [9.17, 15) is 0 Å². The molecule has 0 saturated heterocycles. The Morgan fingerprint density at radius 2 is 1.38 bits per heavy atom. The summed E-state index contributed by atoms with van der Waals surface area (Å²) in [7, 11) is 3.58. The second kappa shape index (κ2) is 10.1. The molecule has 0 bridgehead atoms. The molecule has 0 rings (SSSR count). The van der Waals surface area contributed by atoms with Crippen LogP contribution in [0.3, 0.4) is 0 Å². The Morgan fingerprint density at radius 1 is 0.812 bits per heavy atom. The Bertz CT molecular complexity index is 140. The van der Waals surface area contributed by atoms with Crippen LogP contribution in [0.4, 0.5) is 0 Å². The van der Waals surface area contributed by atoms with Crippen molar-refractivity contribution >= 4 is 0 Å². The van der Waals surface area contributed by atoms with Crippen LogP contribution in [0.2, 0.25) is 0 Å². The highest BCUT2D eigenvalue weighted by Gasteiger charge is 2.27. The lowest BCUT2D eigenvalue weighted by Crippen LogP contribution is -2.31. The maximum atomic E-state index is 5.35. The first-order chi connectivity index (χ1) is 7.74. The van der Waals surface area contributed by atoms with Gasteiger partial charge >= 0.3 is 0 Å². The number of methoxy groups -OCH3 is 2. The van der Waals surface area contributed by atoms with Crippen LogP contribution < -0.4 is 0 Å². The van der Waals surface area contributed by atoms with Crippen molar-refractivity contribution < 1.29 is 9.47 Å². The quantitative estimate of drug-likeness (QED) is 0.499. The largest absolute Gasteiger partial charge is 0.384 e. The van der Waals surface area contributed by atoms with Crippen LogP contribution in [0.15, 0.2) is 0 Å². The van der Waals surface area contributed by atoms with Crippen molar-refractivity contribution in [2.75, 3.05) is 27.4 Å². The van der Waals surface area contributed by atoms with Crippen LogP contribution in [-0.4, -0.2) is 27.4 Å². The smallest absolute Gasteiger partial charge is 0.0540 e. The molecule has 16 heavy (non-hydrogen) atoms. The summed E-state index contributed by atoms with van der Waals surface area (Å²) < 4.78 is 10.7. The number of unbranched alkanes of at least 4 members (excludes halogenated alkanes) is 4. The number of ether oxygens (including phenoxy) is 2. The van der Waals surface area contributed by atoms with Gasteiger partial charge in [0.25, 0.3) is 0 Å². The normalized spacial score (nSPS) is 12.0. The molecule has 98 valence electrons. The fraction of sp³-hybridized carbons (Fsp3) is 1.00. The van der Waals surface area contributed by atoms with E-state index in [1.165, 1.54) is 38.5 Å². The Kier molecular flexibility index (Phi) is 10.0. The van der Waals surface area contributed by atoms with Crippen LogP contribution in [0.25, 0.3) is 0 Å². The van der Waals surface area contributed by atoms with Gasteiger partial charge in [0, 0.05) is 19.6 Å². The van der Waals surface area contributed by atoms with Crippen LogP contribution in [0.1, 0.15) is 58.8 Å². The molecular weight excluding hydrogens is 200 g/mol. The molecule has 0 aliphatic carbocycles. The maximum absolute atomic E-state index is 5.35. The topological polar surface area (TPSA) is 18.5 Å². The van der Waals surface area contributed by atoms with Gasteiger partial charge in [-0.15, -0.1) is 0 Å². The summed E-state index contributed by atoms with van der Waals surface area (Å²) in [6.07, 6.45) is 9.08.